The van der Waals surface area contributed by atoms with E-state index in [0.29, 0.717) is 12.1 Å². The summed E-state index contributed by atoms with van der Waals surface area (Å²) in [6, 6.07) is 12.6. The number of hydrogen-bond donors (Lipinski definition) is 0. The summed E-state index contributed by atoms with van der Waals surface area (Å²) < 4.78 is 2.16. The van der Waals surface area contributed by atoms with Crippen molar-refractivity contribution in [3.05, 3.63) is 52.8 Å². The van der Waals surface area contributed by atoms with Crippen LogP contribution in [-0.2, 0) is 19.4 Å². The van der Waals surface area contributed by atoms with Gasteiger partial charge in [-0.05, 0) is 83.3 Å². The Morgan fingerprint density at radius 2 is 1.89 bits per heavy atom. The van der Waals surface area contributed by atoms with Gasteiger partial charge in [0.15, 0.2) is 0 Å². The van der Waals surface area contributed by atoms with E-state index in [1.807, 2.05) is 0 Å². The van der Waals surface area contributed by atoms with E-state index >= 15 is 0 Å². The van der Waals surface area contributed by atoms with Crippen molar-refractivity contribution in [1.29, 1.82) is 0 Å². The van der Waals surface area contributed by atoms with Crippen molar-refractivity contribution >= 4 is 0 Å². The molecule has 0 amide bonds. The molecule has 146 valence electrons. The maximum atomic E-state index is 4.59. The van der Waals surface area contributed by atoms with Crippen LogP contribution in [0.2, 0.25) is 0 Å². The fraction of sp³-hybridized carbons (Fsp3) is 0.609. The Bertz CT molecular complexity index is 740. The summed E-state index contributed by atoms with van der Waals surface area (Å²) in [5.74, 6) is 0. The molecule has 1 fully saturated rings. The number of rotatable bonds is 6. The molecule has 1 aromatic heterocycles. The van der Waals surface area contributed by atoms with Crippen LogP contribution in [0.15, 0.2) is 30.3 Å². The first-order valence-corrected chi connectivity index (χ1v) is 10.6. The van der Waals surface area contributed by atoms with Crippen LogP contribution in [0.3, 0.4) is 0 Å². The number of nitrogens with zero attached hydrogens (tertiary/aromatic N) is 4. The Balaban J connectivity index is 1.27. The Morgan fingerprint density at radius 3 is 2.56 bits per heavy atom. The summed E-state index contributed by atoms with van der Waals surface area (Å²) in [6.45, 7) is 8.92. The van der Waals surface area contributed by atoms with E-state index in [9.17, 15) is 0 Å². The predicted molar refractivity (Wildman–Crippen MR) is 111 cm³/mol. The van der Waals surface area contributed by atoms with Crippen molar-refractivity contribution in [2.45, 2.75) is 64.6 Å². The lowest BCUT2D eigenvalue weighted by atomic mass is 10.0. The van der Waals surface area contributed by atoms with Gasteiger partial charge in [-0.15, -0.1) is 0 Å². The van der Waals surface area contributed by atoms with E-state index in [1.165, 1.54) is 50.9 Å². The summed E-state index contributed by atoms with van der Waals surface area (Å²) in [5, 5.41) is 4.59. The Labute approximate surface area is 164 Å². The van der Waals surface area contributed by atoms with Gasteiger partial charge in [0.25, 0.3) is 0 Å². The zero-order valence-electron chi connectivity index (χ0n) is 17.2. The highest BCUT2D eigenvalue weighted by atomic mass is 15.3. The van der Waals surface area contributed by atoms with Crippen molar-refractivity contribution in [1.82, 2.24) is 19.6 Å². The second-order valence-electron chi connectivity index (χ2n) is 8.61. The monoisotopic (exact) mass is 366 g/mol. The van der Waals surface area contributed by atoms with Gasteiger partial charge in [-0.25, -0.2) is 0 Å². The van der Waals surface area contributed by atoms with Crippen molar-refractivity contribution < 1.29 is 0 Å². The Kier molecular flexibility index (Phi) is 5.65. The van der Waals surface area contributed by atoms with Crippen LogP contribution < -0.4 is 0 Å². The molecule has 4 nitrogen and oxygen atoms in total. The quantitative estimate of drug-likeness (QED) is 0.783. The number of aryl methyl sites for hydroxylation is 3. The van der Waals surface area contributed by atoms with Crippen molar-refractivity contribution in [3.8, 4) is 0 Å². The van der Waals surface area contributed by atoms with E-state index in [4.69, 9.17) is 0 Å². The first-order chi connectivity index (χ1) is 13.1. The van der Waals surface area contributed by atoms with Gasteiger partial charge in [-0.3, -0.25) is 9.58 Å². The van der Waals surface area contributed by atoms with Gasteiger partial charge in [0.05, 0.1) is 5.69 Å². The van der Waals surface area contributed by atoms with E-state index < -0.39 is 0 Å². The van der Waals surface area contributed by atoms with Crippen LogP contribution in [0.1, 0.15) is 41.8 Å². The van der Waals surface area contributed by atoms with Gasteiger partial charge in [-0.1, -0.05) is 24.3 Å². The zero-order chi connectivity index (χ0) is 18.8. The molecule has 2 aromatic rings. The van der Waals surface area contributed by atoms with Gasteiger partial charge in [0.1, 0.15) is 0 Å². The summed E-state index contributed by atoms with van der Waals surface area (Å²) in [4.78, 5) is 5.37. The van der Waals surface area contributed by atoms with Crippen molar-refractivity contribution in [2.75, 3.05) is 26.7 Å². The fourth-order valence-electron chi connectivity index (χ4n) is 5.02. The second kappa shape index (κ2) is 8.15. The first kappa shape index (κ1) is 18.7. The number of hydrogen-bond acceptors (Lipinski definition) is 3. The highest BCUT2D eigenvalue weighted by Gasteiger charge is 2.31. The average molecular weight is 367 g/mol. The molecule has 27 heavy (non-hydrogen) atoms. The molecule has 1 aliphatic carbocycles. The summed E-state index contributed by atoms with van der Waals surface area (Å²) in [6.07, 6.45) is 6.32. The first-order valence-electron chi connectivity index (χ1n) is 10.6. The second-order valence-corrected chi connectivity index (χ2v) is 8.61. The number of aromatic nitrogens is 2. The molecule has 4 heteroatoms. The molecule has 0 saturated carbocycles. The number of likely N-dealkylation sites (N-methyl/N-ethyl adjacent to an activating group) is 1. The lowest BCUT2D eigenvalue weighted by Crippen LogP contribution is -2.50. The molecule has 1 saturated heterocycles. The third kappa shape index (κ3) is 4.27. The number of piperidine rings is 1. The zero-order valence-corrected chi connectivity index (χ0v) is 17.2. The molecule has 0 radical (unpaired) electrons. The topological polar surface area (TPSA) is 24.3 Å². The highest BCUT2D eigenvalue weighted by molar-refractivity contribution is 5.33. The third-order valence-corrected chi connectivity index (χ3v) is 6.58. The molecular weight excluding hydrogens is 332 g/mol. The van der Waals surface area contributed by atoms with E-state index in [0.717, 1.165) is 18.8 Å². The summed E-state index contributed by atoms with van der Waals surface area (Å²) in [7, 11) is 2.32. The molecule has 0 bridgehead atoms. The number of benzene rings is 1. The van der Waals surface area contributed by atoms with Gasteiger partial charge in [0.2, 0.25) is 0 Å². The molecule has 1 atom stereocenters. The number of fused-ring (bicyclic) bond motifs is 1. The van der Waals surface area contributed by atoms with E-state index in [1.54, 1.807) is 11.1 Å². The van der Waals surface area contributed by atoms with Crippen LogP contribution in [0.25, 0.3) is 0 Å². The van der Waals surface area contributed by atoms with E-state index in [2.05, 4.69) is 70.8 Å². The largest absolute Gasteiger partial charge is 0.302 e. The van der Waals surface area contributed by atoms with Crippen LogP contribution in [0, 0.1) is 13.8 Å². The predicted octanol–water partition coefficient (Wildman–Crippen LogP) is 3.45. The Hall–Kier alpha value is -1.65. The number of likely N-dealkylation sites (tertiary alicyclic amines) is 1. The Morgan fingerprint density at radius 1 is 1.15 bits per heavy atom. The van der Waals surface area contributed by atoms with Crippen LogP contribution in [0.4, 0.5) is 0 Å². The molecule has 0 unspecified atom stereocenters. The van der Waals surface area contributed by atoms with Crippen molar-refractivity contribution in [2.24, 2.45) is 0 Å². The summed E-state index contributed by atoms with van der Waals surface area (Å²) >= 11 is 0. The molecule has 0 N–H and O–H groups in total. The SMILES string of the molecule is Cc1cc(C)n(CCCN(C)[C@@H]2CCCN(C3Cc4ccccc4C3)C2)n1. The fourth-order valence-corrected chi connectivity index (χ4v) is 5.02. The average Bonchev–Trinajstić information content (AvgIpc) is 3.24. The van der Waals surface area contributed by atoms with Gasteiger partial charge < -0.3 is 4.90 Å². The van der Waals surface area contributed by atoms with Gasteiger partial charge >= 0.3 is 0 Å². The summed E-state index contributed by atoms with van der Waals surface area (Å²) in [5.41, 5.74) is 5.55. The molecule has 4 rings (SSSR count). The molecular formula is C23H34N4. The highest BCUT2D eigenvalue weighted by Crippen LogP contribution is 2.28. The van der Waals surface area contributed by atoms with Gasteiger partial charge in [-0.2, -0.15) is 5.10 Å². The maximum absolute atomic E-state index is 4.59. The molecule has 1 aliphatic heterocycles. The minimum atomic E-state index is 0.697. The maximum Gasteiger partial charge on any atom is 0.0596 e. The van der Waals surface area contributed by atoms with Crippen LogP contribution in [-0.4, -0.2) is 58.3 Å². The third-order valence-electron chi connectivity index (χ3n) is 6.58. The minimum absolute atomic E-state index is 0.697. The minimum Gasteiger partial charge on any atom is -0.302 e. The molecule has 1 aromatic carbocycles. The molecule has 2 heterocycles. The molecule has 2 aliphatic rings. The smallest absolute Gasteiger partial charge is 0.0596 e. The van der Waals surface area contributed by atoms with Crippen LogP contribution in [0.5, 0.6) is 0 Å². The van der Waals surface area contributed by atoms with E-state index in [-0.39, 0.29) is 0 Å². The van der Waals surface area contributed by atoms with Crippen LogP contribution >= 0.6 is 0 Å². The normalized spacial score (nSPS) is 21.1. The lowest BCUT2D eigenvalue weighted by Gasteiger charge is -2.40. The van der Waals surface area contributed by atoms with Gasteiger partial charge in [0, 0.05) is 30.9 Å². The van der Waals surface area contributed by atoms with Crippen molar-refractivity contribution in [3.63, 3.8) is 0 Å². The standard InChI is InChI=1S/C23H34N4/c1-18-14-19(2)27(24-18)13-7-11-25(3)22-10-6-12-26(17-22)23-15-20-8-4-5-9-21(20)16-23/h4-5,8-9,14,22-23H,6-7,10-13,15-17H2,1-3H3/t22-/m1/s1. The lowest BCUT2D eigenvalue weighted by molar-refractivity contribution is 0.0857. The molecule has 0 spiro atoms.